The highest BCUT2D eigenvalue weighted by molar-refractivity contribution is 5.81. The van der Waals surface area contributed by atoms with Crippen LogP contribution in [0.3, 0.4) is 0 Å². The number of benzene rings is 2. The Kier molecular flexibility index (Phi) is 6.58. The van der Waals surface area contributed by atoms with Gasteiger partial charge in [-0.3, -0.25) is 4.79 Å². The number of ketones is 1. The third-order valence-corrected chi connectivity index (χ3v) is 6.47. The van der Waals surface area contributed by atoms with Gasteiger partial charge in [0.05, 0.1) is 0 Å². The molecule has 1 saturated heterocycles. The molecular formula is C26H30N6O. The molecule has 0 radical (unpaired) electrons. The first-order chi connectivity index (χ1) is 16.2. The molecule has 7 heteroatoms. The van der Waals surface area contributed by atoms with Crippen LogP contribution in [0.15, 0.2) is 54.6 Å². The van der Waals surface area contributed by atoms with E-state index in [1.54, 1.807) is 0 Å². The van der Waals surface area contributed by atoms with Crippen molar-refractivity contribution >= 4 is 23.1 Å². The molecule has 3 aromatic rings. The number of anilines is 3. The second-order valence-corrected chi connectivity index (χ2v) is 9.10. The molecule has 0 spiro atoms. The fourth-order valence-corrected chi connectivity index (χ4v) is 4.80. The molecule has 5 rings (SSSR count). The molecule has 3 heterocycles. The predicted molar refractivity (Wildman–Crippen MR) is 129 cm³/mol. The number of carbonyl (C=O) groups excluding carboxylic acids is 1. The fourth-order valence-electron chi connectivity index (χ4n) is 4.80. The van der Waals surface area contributed by atoms with Gasteiger partial charge in [0.25, 0.3) is 0 Å². The van der Waals surface area contributed by atoms with Gasteiger partial charge in [0.1, 0.15) is 5.78 Å². The van der Waals surface area contributed by atoms with Crippen LogP contribution in [0.2, 0.25) is 0 Å². The summed E-state index contributed by atoms with van der Waals surface area (Å²) in [5, 5.41) is 17.6. The van der Waals surface area contributed by atoms with Crippen molar-refractivity contribution in [2.75, 3.05) is 23.8 Å². The topological polar surface area (TPSA) is 83.0 Å². The van der Waals surface area contributed by atoms with Crippen molar-refractivity contribution in [3.63, 3.8) is 0 Å². The van der Waals surface area contributed by atoms with Crippen LogP contribution in [0, 0.1) is 5.92 Å². The zero-order valence-corrected chi connectivity index (χ0v) is 18.8. The van der Waals surface area contributed by atoms with Gasteiger partial charge < -0.3 is 10.7 Å². The third-order valence-electron chi connectivity index (χ3n) is 6.47. The second-order valence-electron chi connectivity index (χ2n) is 9.10. The Morgan fingerprint density at radius 1 is 0.848 bits per heavy atom. The molecule has 170 valence electrons. The van der Waals surface area contributed by atoms with E-state index in [1.807, 2.05) is 12.1 Å². The van der Waals surface area contributed by atoms with Crippen LogP contribution in [0.5, 0.6) is 0 Å². The van der Waals surface area contributed by atoms with Gasteiger partial charge in [-0.2, -0.15) is 0 Å². The number of nitrogens with one attached hydrogen (secondary N) is 2. The zero-order valence-electron chi connectivity index (χ0n) is 18.8. The minimum atomic E-state index is 0.0790. The van der Waals surface area contributed by atoms with E-state index in [-0.39, 0.29) is 5.92 Å². The van der Waals surface area contributed by atoms with Gasteiger partial charge in [-0.25, -0.2) is 5.01 Å². The smallest absolute Gasteiger partial charge is 0.168 e. The quantitative estimate of drug-likeness (QED) is 0.529. The third kappa shape index (κ3) is 5.73. The average molecular weight is 443 g/mol. The number of rotatable bonds is 0. The van der Waals surface area contributed by atoms with Crippen molar-refractivity contribution in [3.05, 3.63) is 71.3 Å². The number of Topliss-reactive ketones (excluding diaryl/α,β-unsaturated/α-hetero) is 1. The standard InChI is InChI=1S/C26H30N6O/c33-24-12-2-1-6-19-7-3-8-20(14-19)15-21-9-4-11-23(16-21)27-25-17-26(29-31-28-25)30-32-13-5-10-22(24)18-32/h3-4,7-9,11,14,16-17,22H,1-2,5-6,10,12-13,15,18H2,(H2,27,28,29,30). The zero-order chi connectivity index (χ0) is 22.5. The van der Waals surface area contributed by atoms with Crippen molar-refractivity contribution < 1.29 is 4.79 Å². The van der Waals surface area contributed by atoms with Gasteiger partial charge in [0.15, 0.2) is 11.6 Å². The number of piperidine rings is 1. The normalized spacial score (nSPS) is 21.4. The number of nitrogens with zero attached hydrogens (tertiary/aromatic N) is 4. The Morgan fingerprint density at radius 2 is 1.64 bits per heavy atom. The fraction of sp³-hybridized carbons (Fsp3) is 0.385. The summed E-state index contributed by atoms with van der Waals surface area (Å²) >= 11 is 0. The van der Waals surface area contributed by atoms with Crippen molar-refractivity contribution in [1.29, 1.82) is 0 Å². The summed E-state index contributed by atoms with van der Waals surface area (Å²) in [6.45, 7) is 1.59. The van der Waals surface area contributed by atoms with Crippen LogP contribution in [0.1, 0.15) is 48.8 Å². The Bertz CT molecular complexity index is 1120. The molecule has 2 aromatic carbocycles. The summed E-state index contributed by atoms with van der Waals surface area (Å²) in [5.41, 5.74) is 8.17. The van der Waals surface area contributed by atoms with Crippen LogP contribution in [0.4, 0.5) is 17.3 Å². The molecule has 1 aromatic heterocycles. The van der Waals surface area contributed by atoms with Crippen LogP contribution in [0.25, 0.3) is 0 Å². The minimum absolute atomic E-state index is 0.0790. The van der Waals surface area contributed by atoms with Crippen molar-refractivity contribution in [2.24, 2.45) is 5.92 Å². The molecule has 0 saturated carbocycles. The largest absolute Gasteiger partial charge is 0.339 e. The number of hydrogen-bond donors (Lipinski definition) is 2. The summed E-state index contributed by atoms with van der Waals surface area (Å²) in [6, 6.07) is 19.1. The number of hydrazine groups is 1. The van der Waals surface area contributed by atoms with E-state index >= 15 is 0 Å². The van der Waals surface area contributed by atoms with E-state index in [0.717, 1.165) is 50.8 Å². The number of aryl methyl sites for hydroxylation is 1. The van der Waals surface area contributed by atoms with Gasteiger partial charge in [0, 0.05) is 37.2 Å². The van der Waals surface area contributed by atoms with Crippen molar-refractivity contribution in [1.82, 2.24) is 20.4 Å². The summed E-state index contributed by atoms with van der Waals surface area (Å²) in [4.78, 5) is 12.8. The molecule has 7 nitrogen and oxygen atoms in total. The first-order valence-corrected chi connectivity index (χ1v) is 11.9. The second kappa shape index (κ2) is 10.1. The molecule has 2 N–H and O–H groups in total. The summed E-state index contributed by atoms with van der Waals surface area (Å²) in [5.74, 6) is 1.72. The molecule has 8 bridgehead atoms. The lowest BCUT2D eigenvalue weighted by atomic mass is 9.91. The summed E-state index contributed by atoms with van der Waals surface area (Å²) in [7, 11) is 0. The Balaban J connectivity index is 1.41. The van der Waals surface area contributed by atoms with Crippen LogP contribution in [-0.2, 0) is 17.6 Å². The van der Waals surface area contributed by atoms with Gasteiger partial charge >= 0.3 is 0 Å². The number of aromatic nitrogens is 3. The maximum atomic E-state index is 12.8. The van der Waals surface area contributed by atoms with E-state index < -0.39 is 0 Å². The Labute approximate surface area is 194 Å². The van der Waals surface area contributed by atoms with E-state index in [4.69, 9.17) is 0 Å². The minimum Gasteiger partial charge on any atom is -0.339 e. The lowest BCUT2D eigenvalue weighted by molar-refractivity contribution is -0.124. The van der Waals surface area contributed by atoms with Gasteiger partial charge in [0.2, 0.25) is 0 Å². The van der Waals surface area contributed by atoms with E-state index in [2.05, 4.69) is 73.6 Å². The first kappa shape index (κ1) is 21.5. The van der Waals surface area contributed by atoms with Crippen LogP contribution in [-0.4, -0.2) is 39.3 Å². The highest BCUT2D eigenvalue weighted by Gasteiger charge is 2.25. The molecule has 2 unspecified atom stereocenters. The summed E-state index contributed by atoms with van der Waals surface area (Å²) in [6.07, 6.45) is 6.48. The van der Waals surface area contributed by atoms with Crippen molar-refractivity contribution in [3.8, 4) is 0 Å². The van der Waals surface area contributed by atoms with Gasteiger partial charge in [-0.15, -0.1) is 10.2 Å². The maximum Gasteiger partial charge on any atom is 0.168 e. The Hall–Kier alpha value is -3.32. The molecular weight excluding hydrogens is 412 g/mol. The average Bonchev–Trinajstić information content (AvgIpc) is 2.82. The predicted octanol–water partition coefficient (Wildman–Crippen LogP) is 4.54. The number of fused-ring (bicyclic) bond motifs is 8. The lowest BCUT2D eigenvalue weighted by Gasteiger charge is -2.32. The number of carbonyl (C=O) groups is 1. The highest BCUT2D eigenvalue weighted by Crippen LogP contribution is 2.23. The molecule has 2 aliphatic rings. The molecule has 2 atom stereocenters. The van der Waals surface area contributed by atoms with Crippen LogP contribution < -0.4 is 10.7 Å². The molecule has 0 aliphatic carbocycles. The van der Waals surface area contributed by atoms with Gasteiger partial charge in [-0.1, -0.05) is 36.4 Å². The molecule has 0 amide bonds. The monoisotopic (exact) mass is 442 g/mol. The van der Waals surface area contributed by atoms with E-state index in [9.17, 15) is 4.79 Å². The van der Waals surface area contributed by atoms with Gasteiger partial charge in [-0.05, 0) is 72.6 Å². The SMILES string of the molecule is O=C1CCCCc2cccc(c2)Cc2cccc(c2)Nc2cc(nnn2)NN2CCCC1C2. The highest BCUT2D eigenvalue weighted by atomic mass is 16.1. The Morgan fingerprint density at radius 3 is 2.58 bits per heavy atom. The van der Waals surface area contributed by atoms with Crippen LogP contribution >= 0.6 is 0 Å². The number of hydrogen-bond acceptors (Lipinski definition) is 7. The lowest BCUT2D eigenvalue weighted by Crippen LogP contribution is -2.42. The van der Waals surface area contributed by atoms with E-state index in [1.165, 1.54) is 16.7 Å². The maximum absolute atomic E-state index is 12.8. The first-order valence-electron chi connectivity index (χ1n) is 11.9. The van der Waals surface area contributed by atoms with Crippen molar-refractivity contribution in [2.45, 2.75) is 44.9 Å². The summed E-state index contributed by atoms with van der Waals surface area (Å²) < 4.78 is 0. The molecule has 2 aliphatic heterocycles. The molecule has 33 heavy (non-hydrogen) atoms. The van der Waals surface area contributed by atoms with E-state index in [0.29, 0.717) is 30.4 Å². The molecule has 1 fully saturated rings.